The van der Waals surface area contributed by atoms with Gasteiger partial charge in [-0.2, -0.15) is 5.10 Å². The monoisotopic (exact) mass is 312 g/mol. The number of hydrogen-bond acceptors (Lipinski definition) is 3. The first kappa shape index (κ1) is 15.7. The molecule has 0 bridgehead atoms. The Morgan fingerprint density at radius 3 is 2.78 bits per heavy atom. The van der Waals surface area contributed by atoms with Gasteiger partial charge in [-0.25, -0.2) is 0 Å². The highest BCUT2D eigenvalue weighted by Gasteiger charge is 2.32. The molecular formula is C18H24N4O. The molecule has 5 nitrogen and oxygen atoms in total. The summed E-state index contributed by atoms with van der Waals surface area (Å²) in [5, 5.41) is 8.32. The fraction of sp³-hybridized carbons (Fsp3) is 0.444. The topological polar surface area (TPSA) is 72.9 Å². The Morgan fingerprint density at radius 2 is 2.09 bits per heavy atom. The number of benzene rings is 1. The van der Waals surface area contributed by atoms with Crippen LogP contribution in [0.5, 0.6) is 0 Å². The zero-order valence-corrected chi connectivity index (χ0v) is 13.8. The van der Waals surface area contributed by atoms with Crippen molar-refractivity contribution in [3.63, 3.8) is 0 Å². The van der Waals surface area contributed by atoms with Crippen LogP contribution >= 0.6 is 0 Å². The number of amides is 1. The van der Waals surface area contributed by atoms with Crippen LogP contribution in [-0.4, -0.2) is 22.2 Å². The van der Waals surface area contributed by atoms with Crippen molar-refractivity contribution in [3.05, 3.63) is 52.8 Å². The number of nitrogens with one attached hydrogen (secondary N) is 1. The van der Waals surface area contributed by atoms with Gasteiger partial charge in [-0.15, -0.1) is 0 Å². The number of aryl methyl sites for hydroxylation is 1. The Bertz CT molecular complexity index is 703. The lowest BCUT2D eigenvalue weighted by Crippen LogP contribution is -2.28. The number of rotatable bonds is 5. The van der Waals surface area contributed by atoms with Crippen LogP contribution in [-0.2, 0) is 29.7 Å². The molecule has 0 radical (unpaired) electrons. The largest absolute Gasteiger partial charge is 0.370 e. The van der Waals surface area contributed by atoms with E-state index in [0.29, 0.717) is 13.0 Å². The number of nitrogens with zero attached hydrogens (tertiary/aromatic N) is 2. The van der Waals surface area contributed by atoms with Gasteiger partial charge in [-0.05, 0) is 5.56 Å². The SMILES string of the molecule is CC(C)(c1ccccc1)c1nn(CCC(N)=O)c2c1CNCC2. The molecular weight excluding hydrogens is 288 g/mol. The number of nitrogens with two attached hydrogens (primary N) is 1. The maximum Gasteiger partial charge on any atom is 0.219 e. The number of primary amides is 1. The lowest BCUT2D eigenvalue weighted by atomic mass is 9.79. The number of carbonyl (C=O) groups is 1. The van der Waals surface area contributed by atoms with E-state index in [4.69, 9.17) is 10.8 Å². The van der Waals surface area contributed by atoms with Crippen molar-refractivity contribution in [1.29, 1.82) is 0 Å². The molecule has 0 saturated carbocycles. The van der Waals surface area contributed by atoms with E-state index in [1.54, 1.807) is 0 Å². The smallest absolute Gasteiger partial charge is 0.219 e. The molecule has 2 aromatic rings. The molecule has 1 amide bonds. The van der Waals surface area contributed by atoms with Gasteiger partial charge in [0, 0.05) is 49.1 Å². The second-order valence-electron chi connectivity index (χ2n) is 6.63. The fourth-order valence-corrected chi connectivity index (χ4v) is 3.31. The van der Waals surface area contributed by atoms with E-state index < -0.39 is 0 Å². The standard InChI is InChI=1S/C18H24N4O/c1-18(2,13-6-4-3-5-7-13)17-14-12-20-10-8-15(14)22(21-17)11-9-16(19)23/h3-7,20H,8-12H2,1-2H3,(H2,19,23). The van der Waals surface area contributed by atoms with Crippen LogP contribution in [0, 0.1) is 0 Å². The Hall–Kier alpha value is -2.14. The average molecular weight is 312 g/mol. The molecule has 23 heavy (non-hydrogen) atoms. The molecule has 2 heterocycles. The highest BCUT2D eigenvalue weighted by Crippen LogP contribution is 2.35. The van der Waals surface area contributed by atoms with Gasteiger partial charge < -0.3 is 11.1 Å². The fourth-order valence-electron chi connectivity index (χ4n) is 3.31. The van der Waals surface area contributed by atoms with E-state index in [1.807, 2.05) is 10.7 Å². The average Bonchev–Trinajstić information content (AvgIpc) is 2.93. The summed E-state index contributed by atoms with van der Waals surface area (Å²) in [6.45, 7) is 6.75. The van der Waals surface area contributed by atoms with Crippen LogP contribution in [0.2, 0.25) is 0 Å². The van der Waals surface area contributed by atoms with E-state index in [1.165, 1.54) is 16.8 Å². The van der Waals surface area contributed by atoms with Gasteiger partial charge >= 0.3 is 0 Å². The Morgan fingerprint density at radius 1 is 1.35 bits per heavy atom. The second kappa shape index (κ2) is 6.16. The van der Waals surface area contributed by atoms with Gasteiger partial charge in [0.15, 0.2) is 0 Å². The van der Waals surface area contributed by atoms with Crippen LogP contribution in [0.15, 0.2) is 30.3 Å². The number of fused-ring (bicyclic) bond motifs is 1. The Kier molecular flexibility index (Phi) is 4.22. The first-order chi connectivity index (χ1) is 11.0. The summed E-state index contributed by atoms with van der Waals surface area (Å²) in [6.07, 6.45) is 1.26. The van der Waals surface area contributed by atoms with E-state index in [2.05, 4.69) is 43.4 Å². The van der Waals surface area contributed by atoms with E-state index >= 15 is 0 Å². The predicted octanol–water partition coefficient (Wildman–Crippen LogP) is 1.73. The van der Waals surface area contributed by atoms with Crippen molar-refractivity contribution >= 4 is 5.91 Å². The van der Waals surface area contributed by atoms with E-state index in [-0.39, 0.29) is 11.3 Å². The third kappa shape index (κ3) is 3.01. The van der Waals surface area contributed by atoms with Crippen molar-refractivity contribution in [1.82, 2.24) is 15.1 Å². The zero-order chi connectivity index (χ0) is 16.4. The Balaban J connectivity index is 2.03. The molecule has 1 aliphatic heterocycles. The van der Waals surface area contributed by atoms with Crippen LogP contribution in [0.1, 0.15) is 42.8 Å². The maximum atomic E-state index is 11.1. The summed E-state index contributed by atoms with van der Waals surface area (Å²) in [4.78, 5) is 11.1. The number of aromatic nitrogens is 2. The van der Waals surface area contributed by atoms with Crippen molar-refractivity contribution in [2.75, 3.05) is 6.54 Å². The molecule has 0 aliphatic carbocycles. The third-order valence-corrected chi connectivity index (χ3v) is 4.66. The summed E-state index contributed by atoms with van der Waals surface area (Å²) >= 11 is 0. The zero-order valence-electron chi connectivity index (χ0n) is 13.8. The van der Waals surface area contributed by atoms with Crippen molar-refractivity contribution < 1.29 is 4.79 Å². The van der Waals surface area contributed by atoms with E-state index in [9.17, 15) is 4.79 Å². The van der Waals surface area contributed by atoms with Gasteiger partial charge in [0.05, 0.1) is 5.69 Å². The molecule has 1 aromatic carbocycles. The van der Waals surface area contributed by atoms with E-state index in [0.717, 1.165) is 25.2 Å². The van der Waals surface area contributed by atoms with Crippen LogP contribution in [0.3, 0.4) is 0 Å². The van der Waals surface area contributed by atoms with Crippen LogP contribution < -0.4 is 11.1 Å². The molecule has 0 spiro atoms. The Labute approximate surface area is 136 Å². The molecule has 122 valence electrons. The highest BCUT2D eigenvalue weighted by atomic mass is 16.1. The van der Waals surface area contributed by atoms with Gasteiger partial charge in [0.1, 0.15) is 0 Å². The van der Waals surface area contributed by atoms with Crippen LogP contribution in [0.25, 0.3) is 0 Å². The molecule has 0 atom stereocenters. The minimum Gasteiger partial charge on any atom is -0.370 e. The molecule has 0 unspecified atom stereocenters. The van der Waals surface area contributed by atoms with Gasteiger partial charge in [-0.3, -0.25) is 9.48 Å². The molecule has 1 aliphatic rings. The molecule has 1 aromatic heterocycles. The summed E-state index contributed by atoms with van der Waals surface area (Å²) in [7, 11) is 0. The van der Waals surface area contributed by atoms with Crippen molar-refractivity contribution in [2.45, 2.75) is 45.2 Å². The normalized spacial score (nSPS) is 14.5. The second-order valence-corrected chi connectivity index (χ2v) is 6.63. The number of hydrogen-bond donors (Lipinski definition) is 2. The minimum atomic E-state index is -0.285. The molecule has 5 heteroatoms. The van der Waals surface area contributed by atoms with Crippen molar-refractivity contribution in [2.24, 2.45) is 5.73 Å². The first-order valence-corrected chi connectivity index (χ1v) is 8.13. The maximum absolute atomic E-state index is 11.1. The minimum absolute atomic E-state index is 0.178. The van der Waals surface area contributed by atoms with Gasteiger partial charge in [0.2, 0.25) is 5.91 Å². The lowest BCUT2D eigenvalue weighted by molar-refractivity contribution is -0.118. The summed E-state index contributed by atoms with van der Waals surface area (Å²) in [6, 6.07) is 10.4. The molecule has 0 fully saturated rings. The summed E-state index contributed by atoms with van der Waals surface area (Å²) < 4.78 is 1.99. The lowest BCUT2D eigenvalue weighted by Gasteiger charge is -2.26. The van der Waals surface area contributed by atoms with Gasteiger partial charge in [0.25, 0.3) is 0 Å². The first-order valence-electron chi connectivity index (χ1n) is 8.13. The third-order valence-electron chi connectivity index (χ3n) is 4.66. The molecule has 0 saturated heterocycles. The number of carbonyl (C=O) groups excluding carboxylic acids is 1. The highest BCUT2D eigenvalue weighted by molar-refractivity contribution is 5.73. The summed E-state index contributed by atoms with van der Waals surface area (Å²) in [5.74, 6) is -0.285. The summed E-state index contributed by atoms with van der Waals surface area (Å²) in [5.41, 5.74) is 9.98. The van der Waals surface area contributed by atoms with Gasteiger partial charge in [-0.1, -0.05) is 44.2 Å². The predicted molar refractivity (Wildman–Crippen MR) is 90.0 cm³/mol. The molecule has 3 rings (SSSR count). The quantitative estimate of drug-likeness (QED) is 0.883. The van der Waals surface area contributed by atoms with Crippen molar-refractivity contribution in [3.8, 4) is 0 Å². The molecule has 3 N–H and O–H groups in total. The van der Waals surface area contributed by atoms with Crippen LogP contribution in [0.4, 0.5) is 0 Å².